The van der Waals surface area contributed by atoms with Crippen LogP contribution in [0.25, 0.3) is 0 Å². The van der Waals surface area contributed by atoms with Crippen LogP contribution in [0.3, 0.4) is 0 Å². The first-order chi connectivity index (χ1) is 23.7. The maximum absolute atomic E-state index is 6.19. The van der Waals surface area contributed by atoms with Crippen LogP contribution in [0.1, 0.15) is 0 Å². The Hall–Kier alpha value is -6.66. The third-order valence-corrected chi connectivity index (χ3v) is 6.99. The van der Waals surface area contributed by atoms with Crippen molar-refractivity contribution in [2.24, 2.45) is 0 Å². The van der Waals surface area contributed by atoms with E-state index >= 15 is 0 Å². The van der Waals surface area contributed by atoms with Gasteiger partial charge in [0.1, 0.15) is 57.5 Å². The van der Waals surface area contributed by atoms with Gasteiger partial charge >= 0.3 is 0 Å². The number of para-hydroxylation sites is 4. The van der Waals surface area contributed by atoms with Crippen LogP contribution in [0, 0.1) is 0 Å². The molecule has 7 aromatic carbocycles. The Morgan fingerprint density at radius 3 is 0.771 bits per heavy atom. The van der Waals surface area contributed by atoms with E-state index in [1.54, 1.807) is 0 Å². The van der Waals surface area contributed by atoms with Crippen LogP contribution < -0.4 is 28.4 Å². The fourth-order valence-electron chi connectivity index (χ4n) is 4.75. The second kappa shape index (κ2) is 14.6. The van der Waals surface area contributed by atoms with Gasteiger partial charge in [0.15, 0.2) is 11.5 Å². The Bertz CT molecular complexity index is 1910. The van der Waals surface area contributed by atoms with E-state index in [9.17, 15) is 0 Å². The lowest BCUT2D eigenvalue weighted by atomic mass is 10.3. The van der Waals surface area contributed by atoms with Gasteiger partial charge in [-0.15, -0.1) is 0 Å². The summed E-state index contributed by atoms with van der Waals surface area (Å²) < 4.78 is 36.4. The Morgan fingerprint density at radius 1 is 0.188 bits per heavy atom. The van der Waals surface area contributed by atoms with Gasteiger partial charge in [-0.05, 0) is 109 Å². The summed E-state index contributed by atoms with van der Waals surface area (Å²) in [5.74, 6) is 8.01. The predicted molar refractivity (Wildman–Crippen MR) is 186 cm³/mol. The van der Waals surface area contributed by atoms with Gasteiger partial charge in [-0.3, -0.25) is 0 Å². The number of rotatable bonds is 12. The van der Waals surface area contributed by atoms with E-state index in [0.717, 1.165) is 11.5 Å². The van der Waals surface area contributed by atoms with Gasteiger partial charge in [0.25, 0.3) is 0 Å². The molecule has 0 bridgehead atoms. The molecule has 0 aliphatic heterocycles. The molecule has 7 aromatic rings. The first-order valence-electron chi connectivity index (χ1n) is 15.4. The second-order valence-electron chi connectivity index (χ2n) is 10.6. The highest BCUT2D eigenvalue weighted by atomic mass is 16.5. The zero-order valence-corrected chi connectivity index (χ0v) is 25.8. The number of hydrogen-bond acceptors (Lipinski definition) is 6. The van der Waals surface area contributed by atoms with Crippen LogP contribution in [0.2, 0.25) is 0 Å². The molecule has 0 radical (unpaired) electrons. The summed E-state index contributed by atoms with van der Waals surface area (Å²) in [6.07, 6.45) is 0. The highest BCUT2D eigenvalue weighted by Crippen LogP contribution is 2.37. The highest BCUT2D eigenvalue weighted by Gasteiger charge is 2.09. The molecule has 234 valence electrons. The summed E-state index contributed by atoms with van der Waals surface area (Å²) in [5, 5.41) is 0. The third kappa shape index (κ3) is 8.13. The van der Waals surface area contributed by atoms with Gasteiger partial charge in [-0.1, -0.05) is 60.7 Å². The molecule has 0 spiro atoms. The second-order valence-corrected chi connectivity index (χ2v) is 10.6. The molecule has 0 atom stereocenters. The van der Waals surface area contributed by atoms with Crippen molar-refractivity contribution in [3.8, 4) is 69.0 Å². The molecule has 0 saturated heterocycles. The van der Waals surface area contributed by atoms with Crippen LogP contribution in [0.15, 0.2) is 182 Å². The fourth-order valence-corrected chi connectivity index (χ4v) is 4.75. The summed E-state index contributed by atoms with van der Waals surface area (Å²) >= 11 is 0. The van der Waals surface area contributed by atoms with Crippen molar-refractivity contribution >= 4 is 0 Å². The largest absolute Gasteiger partial charge is 0.457 e. The summed E-state index contributed by atoms with van der Waals surface area (Å²) in [7, 11) is 0. The quantitative estimate of drug-likeness (QED) is 0.134. The molecule has 0 aliphatic carbocycles. The lowest BCUT2D eigenvalue weighted by Crippen LogP contribution is -1.91. The SMILES string of the molecule is c1ccc(Oc2cccc(Oc3ccc(Oc4ccccc4Oc4ccc(Oc5cccc(Oc6ccccc6)c5)cc4)cc3)c2)cc1. The maximum Gasteiger partial charge on any atom is 0.169 e. The standard InChI is InChI=1S/C42H30O6/c1-3-11-31(12-4-1)43-37-15-9-17-39(29-37)45-33-21-25-35(26-22-33)47-41-19-7-8-20-42(41)48-36-27-23-34(24-28-36)46-40-18-10-16-38(30-40)44-32-13-5-2-6-14-32/h1-30H. The molecule has 48 heavy (non-hydrogen) atoms. The first kappa shape index (κ1) is 30.0. The molecule has 0 unspecified atom stereocenters. The Morgan fingerprint density at radius 2 is 0.438 bits per heavy atom. The summed E-state index contributed by atoms with van der Waals surface area (Å²) in [4.78, 5) is 0. The van der Waals surface area contributed by atoms with Crippen molar-refractivity contribution in [3.63, 3.8) is 0 Å². The van der Waals surface area contributed by atoms with Crippen LogP contribution in [-0.2, 0) is 0 Å². The van der Waals surface area contributed by atoms with E-state index in [2.05, 4.69) is 0 Å². The van der Waals surface area contributed by atoms with E-state index < -0.39 is 0 Å². The zero-order valence-electron chi connectivity index (χ0n) is 25.8. The van der Waals surface area contributed by atoms with E-state index in [1.807, 2.05) is 182 Å². The Labute approximate surface area is 278 Å². The van der Waals surface area contributed by atoms with Crippen LogP contribution in [0.5, 0.6) is 69.0 Å². The lowest BCUT2D eigenvalue weighted by molar-refractivity contribution is 0.416. The third-order valence-electron chi connectivity index (χ3n) is 6.99. The molecule has 0 amide bonds. The normalized spacial score (nSPS) is 10.5. The molecular weight excluding hydrogens is 600 g/mol. The van der Waals surface area contributed by atoms with Crippen molar-refractivity contribution in [2.75, 3.05) is 0 Å². The number of ether oxygens (including phenoxy) is 6. The number of benzene rings is 7. The maximum atomic E-state index is 6.19. The van der Waals surface area contributed by atoms with Gasteiger partial charge < -0.3 is 28.4 Å². The van der Waals surface area contributed by atoms with Gasteiger partial charge in [0, 0.05) is 12.1 Å². The van der Waals surface area contributed by atoms with E-state index in [1.165, 1.54) is 0 Å². The van der Waals surface area contributed by atoms with Crippen molar-refractivity contribution in [1.29, 1.82) is 0 Å². The molecule has 0 aliphatic rings. The zero-order chi connectivity index (χ0) is 32.4. The Balaban J connectivity index is 0.959. The van der Waals surface area contributed by atoms with Crippen LogP contribution in [-0.4, -0.2) is 0 Å². The summed E-state index contributed by atoms with van der Waals surface area (Å²) in [6.45, 7) is 0. The van der Waals surface area contributed by atoms with Gasteiger partial charge in [-0.2, -0.15) is 0 Å². The first-order valence-corrected chi connectivity index (χ1v) is 15.4. The van der Waals surface area contributed by atoms with Crippen molar-refractivity contribution in [2.45, 2.75) is 0 Å². The smallest absolute Gasteiger partial charge is 0.169 e. The molecule has 6 heteroatoms. The average Bonchev–Trinajstić information content (AvgIpc) is 3.12. The highest BCUT2D eigenvalue weighted by molar-refractivity contribution is 5.48. The molecule has 0 N–H and O–H groups in total. The van der Waals surface area contributed by atoms with Crippen LogP contribution in [0.4, 0.5) is 0 Å². The van der Waals surface area contributed by atoms with Gasteiger partial charge in [0.05, 0.1) is 0 Å². The van der Waals surface area contributed by atoms with E-state index in [0.29, 0.717) is 57.5 Å². The lowest BCUT2D eigenvalue weighted by Gasteiger charge is -2.13. The van der Waals surface area contributed by atoms with Gasteiger partial charge in [0.2, 0.25) is 0 Å². The average molecular weight is 631 g/mol. The molecule has 0 aromatic heterocycles. The van der Waals surface area contributed by atoms with Crippen LogP contribution >= 0.6 is 0 Å². The summed E-state index contributed by atoms with van der Waals surface area (Å²) in [6, 6.07) is 56.6. The van der Waals surface area contributed by atoms with E-state index in [4.69, 9.17) is 28.4 Å². The molecular formula is C42H30O6. The van der Waals surface area contributed by atoms with Crippen molar-refractivity contribution in [1.82, 2.24) is 0 Å². The Kier molecular flexibility index (Phi) is 9.15. The van der Waals surface area contributed by atoms with E-state index in [-0.39, 0.29) is 0 Å². The van der Waals surface area contributed by atoms with Crippen molar-refractivity contribution in [3.05, 3.63) is 182 Å². The minimum absolute atomic E-state index is 0.576. The molecule has 0 heterocycles. The van der Waals surface area contributed by atoms with Gasteiger partial charge in [-0.25, -0.2) is 0 Å². The molecule has 0 fully saturated rings. The summed E-state index contributed by atoms with van der Waals surface area (Å²) in [5.41, 5.74) is 0. The molecule has 7 rings (SSSR count). The fraction of sp³-hybridized carbons (Fsp3) is 0. The number of hydrogen-bond donors (Lipinski definition) is 0. The molecule has 6 nitrogen and oxygen atoms in total. The van der Waals surface area contributed by atoms with Crippen molar-refractivity contribution < 1.29 is 28.4 Å². The topological polar surface area (TPSA) is 55.4 Å². The predicted octanol–water partition coefficient (Wildman–Crippen LogP) is 12.4. The monoisotopic (exact) mass is 630 g/mol. The minimum Gasteiger partial charge on any atom is -0.457 e. The molecule has 0 saturated carbocycles. The minimum atomic E-state index is 0.576.